The first-order chi connectivity index (χ1) is 9.19. The standard InChI is InChI=1S/C9H14N4O5S2/c1-12(2)9(15)13(3)7-10-11-8(19-7)20(16,17)5-6(14)18-4/h5H2,1-4H3. The molecule has 0 spiro atoms. The second kappa shape index (κ2) is 6.13. The lowest BCUT2D eigenvalue weighted by Crippen LogP contribution is -2.36. The Hall–Kier alpha value is -1.75. The lowest BCUT2D eigenvalue weighted by Gasteiger charge is -2.18. The molecule has 0 unspecified atom stereocenters. The third-order valence-electron chi connectivity index (χ3n) is 2.15. The molecular formula is C9H14N4O5S2. The fourth-order valence-electron chi connectivity index (χ4n) is 1.12. The Balaban J connectivity index is 2.98. The summed E-state index contributed by atoms with van der Waals surface area (Å²) in [5.74, 6) is -1.71. The van der Waals surface area contributed by atoms with E-state index in [1.807, 2.05) is 0 Å². The number of amides is 2. The number of hydrogen-bond acceptors (Lipinski definition) is 8. The van der Waals surface area contributed by atoms with Gasteiger partial charge in [-0.1, -0.05) is 11.3 Å². The second-order valence-corrected chi connectivity index (χ2v) is 7.04. The number of nitrogens with zero attached hydrogens (tertiary/aromatic N) is 4. The molecule has 9 nitrogen and oxygen atoms in total. The van der Waals surface area contributed by atoms with Gasteiger partial charge in [-0.15, -0.1) is 10.2 Å². The van der Waals surface area contributed by atoms with Gasteiger partial charge in [0.15, 0.2) is 5.75 Å². The first-order valence-electron chi connectivity index (χ1n) is 5.27. The number of carbonyl (C=O) groups is 2. The van der Waals surface area contributed by atoms with Gasteiger partial charge in [0.1, 0.15) is 0 Å². The Morgan fingerprint density at radius 1 is 1.25 bits per heavy atom. The molecule has 1 aromatic rings. The zero-order chi connectivity index (χ0) is 15.5. The van der Waals surface area contributed by atoms with Crippen LogP contribution in [0.5, 0.6) is 0 Å². The van der Waals surface area contributed by atoms with Gasteiger partial charge in [0.25, 0.3) is 0 Å². The molecule has 11 heteroatoms. The summed E-state index contributed by atoms with van der Waals surface area (Å²) in [7, 11) is 1.72. The maximum atomic E-state index is 11.8. The average Bonchev–Trinajstić information content (AvgIpc) is 2.86. The summed E-state index contributed by atoms with van der Waals surface area (Å²) in [6.45, 7) is 0. The third-order valence-corrected chi connectivity index (χ3v) is 5.19. The Bertz CT molecular complexity index is 610. The van der Waals surface area contributed by atoms with Gasteiger partial charge >= 0.3 is 12.0 Å². The number of methoxy groups -OCH3 is 1. The Kier molecular flexibility index (Phi) is 5.00. The van der Waals surface area contributed by atoms with Crippen LogP contribution in [-0.4, -0.2) is 69.5 Å². The molecule has 112 valence electrons. The van der Waals surface area contributed by atoms with Crippen LogP contribution in [0.15, 0.2) is 4.34 Å². The van der Waals surface area contributed by atoms with E-state index < -0.39 is 21.6 Å². The number of ether oxygens (including phenoxy) is 1. The van der Waals surface area contributed by atoms with E-state index in [0.717, 1.165) is 12.0 Å². The SMILES string of the molecule is COC(=O)CS(=O)(=O)c1nnc(N(C)C(=O)N(C)C)s1. The first kappa shape index (κ1) is 16.3. The molecule has 0 radical (unpaired) electrons. The summed E-state index contributed by atoms with van der Waals surface area (Å²) in [4.78, 5) is 25.2. The summed E-state index contributed by atoms with van der Waals surface area (Å²) >= 11 is 0.707. The number of carbonyl (C=O) groups excluding carboxylic acids is 2. The van der Waals surface area contributed by atoms with Crippen LogP contribution in [-0.2, 0) is 19.4 Å². The van der Waals surface area contributed by atoms with E-state index in [-0.39, 0.29) is 15.5 Å². The summed E-state index contributed by atoms with van der Waals surface area (Å²) in [6.07, 6.45) is 0. The van der Waals surface area contributed by atoms with Crippen LogP contribution >= 0.6 is 11.3 Å². The molecule has 0 N–H and O–H groups in total. The van der Waals surface area contributed by atoms with Gasteiger partial charge in [-0.05, 0) is 0 Å². The Morgan fingerprint density at radius 3 is 2.35 bits per heavy atom. The monoisotopic (exact) mass is 322 g/mol. The molecule has 0 saturated carbocycles. The number of sulfone groups is 1. The highest BCUT2D eigenvalue weighted by Crippen LogP contribution is 2.24. The third kappa shape index (κ3) is 3.63. The fraction of sp³-hybridized carbons (Fsp3) is 0.556. The topological polar surface area (TPSA) is 110 Å². The van der Waals surface area contributed by atoms with Gasteiger partial charge in [0.05, 0.1) is 7.11 Å². The summed E-state index contributed by atoms with van der Waals surface area (Å²) in [6, 6.07) is -0.377. The van der Waals surface area contributed by atoms with Crippen LogP contribution in [0.25, 0.3) is 0 Å². The smallest absolute Gasteiger partial charge is 0.325 e. The molecule has 20 heavy (non-hydrogen) atoms. The predicted octanol–water partition coefficient (Wildman–Crippen LogP) is -0.397. The molecule has 0 aliphatic carbocycles. The summed E-state index contributed by atoms with van der Waals surface area (Å²) in [5, 5.41) is 7.25. The van der Waals surface area contributed by atoms with Gasteiger partial charge in [-0.2, -0.15) is 0 Å². The highest BCUT2D eigenvalue weighted by Gasteiger charge is 2.26. The minimum atomic E-state index is -3.91. The van der Waals surface area contributed by atoms with Crippen LogP contribution in [0.1, 0.15) is 0 Å². The normalized spacial score (nSPS) is 11.0. The van der Waals surface area contributed by atoms with Crippen molar-refractivity contribution >= 4 is 38.3 Å². The van der Waals surface area contributed by atoms with Crippen molar-refractivity contribution in [2.75, 3.05) is 38.9 Å². The van der Waals surface area contributed by atoms with Crippen molar-refractivity contribution < 1.29 is 22.7 Å². The summed E-state index contributed by atoms with van der Waals surface area (Å²) in [5.41, 5.74) is 0. The maximum Gasteiger partial charge on any atom is 0.325 e. The lowest BCUT2D eigenvalue weighted by molar-refractivity contribution is -0.137. The van der Waals surface area contributed by atoms with Crippen molar-refractivity contribution in [3.63, 3.8) is 0 Å². The van der Waals surface area contributed by atoms with E-state index in [0.29, 0.717) is 11.3 Å². The van der Waals surface area contributed by atoms with Crippen LogP contribution in [0.4, 0.5) is 9.93 Å². The van der Waals surface area contributed by atoms with E-state index in [4.69, 9.17) is 0 Å². The molecule has 2 amide bonds. The van der Waals surface area contributed by atoms with E-state index >= 15 is 0 Å². The van der Waals surface area contributed by atoms with Gasteiger partial charge in [0.2, 0.25) is 19.3 Å². The van der Waals surface area contributed by atoms with Crippen molar-refractivity contribution in [2.45, 2.75) is 4.34 Å². The number of esters is 1. The van der Waals surface area contributed by atoms with Crippen molar-refractivity contribution in [1.82, 2.24) is 15.1 Å². The van der Waals surface area contributed by atoms with E-state index in [1.54, 1.807) is 14.1 Å². The van der Waals surface area contributed by atoms with Gasteiger partial charge in [-0.25, -0.2) is 13.2 Å². The van der Waals surface area contributed by atoms with E-state index in [2.05, 4.69) is 14.9 Å². The molecule has 0 aliphatic rings. The zero-order valence-corrected chi connectivity index (χ0v) is 13.0. The predicted molar refractivity (Wildman–Crippen MR) is 71.5 cm³/mol. The van der Waals surface area contributed by atoms with E-state index in [9.17, 15) is 18.0 Å². The summed E-state index contributed by atoms with van der Waals surface area (Å²) < 4.78 is 27.6. The van der Waals surface area contributed by atoms with Crippen molar-refractivity contribution in [3.05, 3.63) is 0 Å². The number of rotatable bonds is 4. The van der Waals surface area contributed by atoms with E-state index in [1.165, 1.54) is 11.9 Å². The van der Waals surface area contributed by atoms with Gasteiger partial charge < -0.3 is 9.64 Å². The highest BCUT2D eigenvalue weighted by molar-refractivity contribution is 7.94. The van der Waals surface area contributed by atoms with Crippen LogP contribution in [0.2, 0.25) is 0 Å². The van der Waals surface area contributed by atoms with Crippen LogP contribution in [0.3, 0.4) is 0 Å². The fourth-order valence-corrected chi connectivity index (χ4v) is 3.28. The quantitative estimate of drug-likeness (QED) is 0.548. The molecule has 0 bridgehead atoms. The Morgan fingerprint density at radius 2 is 1.85 bits per heavy atom. The second-order valence-electron chi connectivity index (χ2n) is 3.92. The number of hydrogen-bond donors (Lipinski definition) is 0. The lowest BCUT2D eigenvalue weighted by atomic mass is 10.7. The minimum Gasteiger partial charge on any atom is -0.468 e. The molecule has 0 fully saturated rings. The number of urea groups is 1. The Labute approximate surface area is 120 Å². The molecule has 1 aromatic heterocycles. The van der Waals surface area contributed by atoms with Crippen molar-refractivity contribution in [1.29, 1.82) is 0 Å². The highest BCUT2D eigenvalue weighted by atomic mass is 32.2. The molecule has 1 rings (SSSR count). The molecule has 0 aliphatic heterocycles. The number of aromatic nitrogens is 2. The van der Waals surface area contributed by atoms with Crippen LogP contribution < -0.4 is 4.90 Å². The molecule has 1 heterocycles. The molecule has 0 aromatic carbocycles. The first-order valence-corrected chi connectivity index (χ1v) is 7.74. The van der Waals surface area contributed by atoms with Gasteiger partial charge in [0, 0.05) is 21.1 Å². The minimum absolute atomic E-state index is 0.118. The zero-order valence-electron chi connectivity index (χ0n) is 11.4. The maximum absolute atomic E-state index is 11.8. The molecule has 0 atom stereocenters. The largest absolute Gasteiger partial charge is 0.468 e. The van der Waals surface area contributed by atoms with Gasteiger partial charge in [-0.3, -0.25) is 9.69 Å². The van der Waals surface area contributed by atoms with Crippen molar-refractivity contribution in [2.24, 2.45) is 0 Å². The van der Waals surface area contributed by atoms with Crippen LogP contribution in [0, 0.1) is 0 Å². The average molecular weight is 322 g/mol. The molecule has 0 saturated heterocycles. The number of anilines is 1. The molecular weight excluding hydrogens is 308 g/mol. The van der Waals surface area contributed by atoms with Crippen molar-refractivity contribution in [3.8, 4) is 0 Å².